The number of carbonyl (C=O) groups excluding carboxylic acids is 3. The molecule has 13 nitrogen and oxygen atoms in total. The van der Waals surface area contributed by atoms with Crippen molar-refractivity contribution in [2.75, 3.05) is 6.54 Å². The van der Waals surface area contributed by atoms with E-state index in [0.717, 1.165) is 0 Å². The average Bonchev–Trinajstić information content (AvgIpc) is 2.88. The molecule has 0 aliphatic carbocycles. The third-order valence-corrected chi connectivity index (χ3v) is 6.42. The second-order valence-corrected chi connectivity index (χ2v) is 10.4. The van der Waals surface area contributed by atoms with Crippen LogP contribution in [0.25, 0.3) is 0 Å². The number of nitrogens with zero attached hydrogens (tertiary/aromatic N) is 1. The normalized spacial score (nSPS) is 14.8. The molecule has 0 heterocycles. The molecule has 0 saturated carbocycles. The highest BCUT2D eigenvalue weighted by Gasteiger charge is 2.33. The van der Waals surface area contributed by atoms with E-state index >= 15 is 0 Å². The standard InChI is InChI=1S/C27H45N7O6/c1-5-16(4)22(25(38)32-20(26(39)40)7-6-12-31-27(29)30)34-24(37)21(14-17-8-10-18(35)11-9-17)33-23(36)19(28)13-15(2)3/h8-11,15-16,19-22,35H,5-7,12-14,28H2,1-4H3,(H,32,38)(H,33,36)(H,34,37)(H,39,40)(H4,29,30,31). The van der Waals surface area contributed by atoms with Gasteiger partial charge in [0.15, 0.2) is 5.96 Å². The second-order valence-electron chi connectivity index (χ2n) is 10.4. The molecule has 3 amide bonds. The van der Waals surface area contributed by atoms with Gasteiger partial charge in [-0.1, -0.05) is 46.2 Å². The summed E-state index contributed by atoms with van der Waals surface area (Å²) in [5, 5.41) is 27.1. The van der Waals surface area contributed by atoms with Gasteiger partial charge in [-0.2, -0.15) is 0 Å². The molecule has 0 saturated heterocycles. The van der Waals surface area contributed by atoms with Crippen molar-refractivity contribution in [3.63, 3.8) is 0 Å². The second kappa shape index (κ2) is 17.0. The maximum atomic E-state index is 13.5. The Bertz CT molecular complexity index is 1010. The first-order chi connectivity index (χ1) is 18.7. The molecule has 0 radical (unpaired) electrons. The van der Waals surface area contributed by atoms with Gasteiger partial charge < -0.3 is 43.4 Å². The Kier molecular flexibility index (Phi) is 14.5. The van der Waals surface area contributed by atoms with Crippen LogP contribution in [0.5, 0.6) is 5.75 Å². The van der Waals surface area contributed by atoms with Gasteiger partial charge >= 0.3 is 5.97 Å². The number of benzene rings is 1. The van der Waals surface area contributed by atoms with E-state index in [0.29, 0.717) is 24.8 Å². The summed E-state index contributed by atoms with van der Waals surface area (Å²) in [6.45, 7) is 7.64. The Morgan fingerprint density at radius 3 is 2.05 bits per heavy atom. The smallest absolute Gasteiger partial charge is 0.326 e. The van der Waals surface area contributed by atoms with Crippen LogP contribution in [-0.4, -0.2) is 70.6 Å². The van der Waals surface area contributed by atoms with Gasteiger partial charge in [-0.05, 0) is 48.8 Å². The number of aliphatic carboxylic acids is 1. The van der Waals surface area contributed by atoms with Crippen molar-refractivity contribution in [2.24, 2.45) is 34.0 Å². The van der Waals surface area contributed by atoms with Crippen LogP contribution in [0.2, 0.25) is 0 Å². The number of phenols is 1. The van der Waals surface area contributed by atoms with Crippen LogP contribution < -0.4 is 33.2 Å². The number of carboxylic acids is 1. The summed E-state index contributed by atoms with van der Waals surface area (Å²) in [7, 11) is 0. The summed E-state index contributed by atoms with van der Waals surface area (Å²) < 4.78 is 0. The first-order valence-electron chi connectivity index (χ1n) is 13.5. The highest BCUT2D eigenvalue weighted by atomic mass is 16.4. The number of aliphatic imine (C=N–C) groups is 1. The molecule has 0 bridgehead atoms. The van der Waals surface area contributed by atoms with Crippen molar-refractivity contribution in [1.82, 2.24) is 16.0 Å². The summed E-state index contributed by atoms with van der Waals surface area (Å²) in [6.07, 6.45) is 1.38. The minimum Gasteiger partial charge on any atom is -0.508 e. The Morgan fingerprint density at radius 2 is 1.52 bits per heavy atom. The van der Waals surface area contributed by atoms with Crippen LogP contribution in [0.15, 0.2) is 29.3 Å². The number of amides is 3. The third-order valence-electron chi connectivity index (χ3n) is 6.42. The number of hydrogen-bond donors (Lipinski definition) is 8. The molecule has 11 N–H and O–H groups in total. The fourth-order valence-corrected chi connectivity index (χ4v) is 3.95. The SMILES string of the molecule is CCC(C)C(NC(=O)C(Cc1ccc(O)cc1)NC(=O)C(N)CC(C)C)C(=O)NC(CCCN=C(N)N)C(=O)O. The number of nitrogens with two attached hydrogens (primary N) is 3. The number of hydrogen-bond acceptors (Lipinski definition) is 7. The first-order valence-corrected chi connectivity index (χ1v) is 13.5. The number of carbonyl (C=O) groups is 4. The van der Waals surface area contributed by atoms with E-state index in [2.05, 4.69) is 20.9 Å². The lowest BCUT2D eigenvalue weighted by Gasteiger charge is -2.28. The Morgan fingerprint density at radius 1 is 0.925 bits per heavy atom. The van der Waals surface area contributed by atoms with Crippen LogP contribution in [0.4, 0.5) is 0 Å². The molecular weight excluding hydrogens is 518 g/mol. The average molecular weight is 564 g/mol. The number of nitrogens with one attached hydrogen (secondary N) is 3. The Labute approximate surface area is 235 Å². The van der Waals surface area contributed by atoms with Gasteiger partial charge in [-0.3, -0.25) is 19.4 Å². The molecule has 40 heavy (non-hydrogen) atoms. The lowest BCUT2D eigenvalue weighted by atomic mass is 9.96. The van der Waals surface area contributed by atoms with Crippen LogP contribution >= 0.6 is 0 Å². The largest absolute Gasteiger partial charge is 0.508 e. The van der Waals surface area contributed by atoms with Crippen molar-refractivity contribution >= 4 is 29.7 Å². The van der Waals surface area contributed by atoms with Crippen molar-refractivity contribution < 1.29 is 29.4 Å². The van der Waals surface area contributed by atoms with Gasteiger partial charge in [-0.25, -0.2) is 4.79 Å². The van der Waals surface area contributed by atoms with E-state index in [1.54, 1.807) is 19.1 Å². The van der Waals surface area contributed by atoms with Crippen molar-refractivity contribution in [2.45, 2.75) is 84.0 Å². The zero-order valence-corrected chi connectivity index (χ0v) is 23.7. The molecule has 1 aromatic carbocycles. The van der Waals surface area contributed by atoms with Crippen LogP contribution in [-0.2, 0) is 25.6 Å². The number of guanidine groups is 1. The lowest BCUT2D eigenvalue weighted by Crippen LogP contribution is -2.59. The van der Waals surface area contributed by atoms with Crippen LogP contribution in [0.1, 0.15) is 58.9 Å². The fourth-order valence-electron chi connectivity index (χ4n) is 3.95. The summed E-state index contributed by atoms with van der Waals surface area (Å²) in [5.74, 6) is -3.30. The maximum Gasteiger partial charge on any atom is 0.326 e. The number of rotatable bonds is 17. The first kappa shape index (κ1) is 34.2. The molecule has 0 spiro atoms. The topological polar surface area (TPSA) is 235 Å². The van der Waals surface area contributed by atoms with Crippen molar-refractivity contribution in [1.29, 1.82) is 0 Å². The maximum absolute atomic E-state index is 13.5. The van der Waals surface area contributed by atoms with E-state index < -0.39 is 47.9 Å². The molecule has 13 heteroatoms. The molecule has 5 unspecified atom stereocenters. The summed E-state index contributed by atoms with van der Waals surface area (Å²) in [6, 6.07) is 1.97. The molecule has 5 atom stereocenters. The molecule has 0 fully saturated rings. The van der Waals surface area contributed by atoms with E-state index in [4.69, 9.17) is 17.2 Å². The van der Waals surface area contributed by atoms with Crippen LogP contribution in [0, 0.1) is 11.8 Å². The Hall–Kier alpha value is -3.87. The van der Waals surface area contributed by atoms with E-state index in [9.17, 15) is 29.4 Å². The molecule has 0 aliphatic rings. The van der Waals surface area contributed by atoms with Gasteiger partial charge in [0, 0.05) is 13.0 Å². The van der Waals surface area contributed by atoms with Crippen molar-refractivity contribution in [3.8, 4) is 5.75 Å². The number of carboxylic acid groups (broad SMARTS) is 1. The number of phenolic OH excluding ortho intramolecular Hbond substituents is 1. The fraction of sp³-hybridized carbons (Fsp3) is 0.593. The van der Waals surface area contributed by atoms with E-state index in [1.165, 1.54) is 12.1 Å². The van der Waals surface area contributed by atoms with Gasteiger partial charge in [0.05, 0.1) is 6.04 Å². The predicted octanol–water partition coefficient (Wildman–Crippen LogP) is -0.0532. The minimum atomic E-state index is -1.23. The minimum absolute atomic E-state index is 0.0486. The molecular formula is C27H45N7O6. The lowest BCUT2D eigenvalue weighted by molar-refractivity contribution is -0.143. The molecule has 1 aromatic rings. The summed E-state index contributed by atoms with van der Waals surface area (Å²) >= 11 is 0. The molecule has 224 valence electrons. The van der Waals surface area contributed by atoms with Gasteiger partial charge in [0.25, 0.3) is 0 Å². The monoisotopic (exact) mass is 563 g/mol. The van der Waals surface area contributed by atoms with Gasteiger partial charge in [0.2, 0.25) is 17.7 Å². The zero-order chi connectivity index (χ0) is 30.4. The molecule has 0 aromatic heterocycles. The van der Waals surface area contributed by atoms with Gasteiger partial charge in [-0.15, -0.1) is 0 Å². The zero-order valence-electron chi connectivity index (χ0n) is 23.7. The molecule has 0 aliphatic heterocycles. The third kappa shape index (κ3) is 12.3. The quantitative estimate of drug-likeness (QED) is 0.0719. The predicted molar refractivity (Wildman–Crippen MR) is 152 cm³/mol. The van der Waals surface area contributed by atoms with Crippen molar-refractivity contribution in [3.05, 3.63) is 29.8 Å². The summed E-state index contributed by atoms with van der Waals surface area (Å²) in [5.41, 5.74) is 17.3. The van der Waals surface area contributed by atoms with E-state index in [-0.39, 0.29) is 42.9 Å². The van der Waals surface area contributed by atoms with Gasteiger partial charge in [0.1, 0.15) is 23.9 Å². The highest BCUT2D eigenvalue weighted by molar-refractivity contribution is 5.94. The van der Waals surface area contributed by atoms with E-state index in [1.807, 2.05) is 20.8 Å². The Balaban J connectivity index is 3.12. The van der Waals surface area contributed by atoms with Crippen LogP contribution in [0.3, 0.4) is 0 Å². The summed E-state index contributed by atoms with van der Waals surface area (Å²) in [4.78, 5) is 55.1. The highest BCUT2D eigenvalue weighted by Crippen LogP contribution is 2.14. The number of aromatic hydroxyl groups is 1. The molecule has 1 rings (SSSR count).